The van der Waals surface area contributed by atoms with Crippen LogP contribution in [0.2, 0.25) is 0 Å². The van der Waals surface area contributed by atoms with E-state index in [1.54, 1.807) is 31.3 Å². The summed E-state index contributed by atoms with van der Waals surface area (Å²) in [6.45, 7) is 10.1. The van der Waals surface area contributed by atoms with Crippen molar-refractivity contribution in [2.75, 3.05) is 197 Å². The maximum absolute atomic E-state index is 13.2. The van der Waals surface area contributed by atoms with Crippen molar-refractivity contribution >= 4 is 23.4 Å². The summed E-state index contributed by atoms with van der Waals surface area (Å²) >= 11 is 0. The second-order valence-corrected chi connectivity index (χ2v) is 21.2. The lowest BCUT2D eigenvalue weighted by Gasteiger charge is -2.33. The number of carbonyl (C=O) groups is 3. The third kappa shape index (κ3) is 43.2. The number of nitrogens with one attached hydrogen (secondary N) is 4. The van der Waals surface area contributed by atoms with Gasteiger partial charge in [0.1, 0.15) is 42.7 Å². The van der Waals surface area contributed by atoms with E-state index in [0.717, 1.165) is 24.8 Å². The average molecular weight is 1290 g/mol. The van der Waals surface area contributed by atoms with E-state index in [4.69, 9.17) is 62.3 Å². The lowest BCUT2D eigenvalue weighted by molar-refractivity contribution is -0.131. The SMILES string of the molecule is CN[C@H](C(=O)N[C@@H](CCCCNC(=O)CCOCCOCCOCCOCCOCCCCCOCCOCCOCCOCCOCCOCCN(C[C@H](O)[C@@H](O)[C@H](O)[C@H](O)CO)C[C@H](O)[C@@H](O)[C@H](O)[C@H](O)CO)C(=O)Nc1ccc(CO)cc1)C(C)C. The van der Waals surface area contributed by atoms with Gasteiger partial charge in [0.05, 0.1) is 170 Å². The van der Waals surface area contributed by atoms with Gasteiger partial charge in [-0.3, -0.25) is 19.3 Å². The third-order valence-corrected chi connectivity index (χ3v) is 13.5. The molecule has 15 N–H and O–H groups in total. The number of likely N-dealkylation sites (N-methyl/N-ethyl adjacent to an activating group) is 1. The van der Waals surface area contributed by atoms with Gasteiger partial charge in [0, 0.05) is 51.5 Å². The molecule has 0 fully saturated rings. The fourth-order valence-corrected chi connectivity index (χ4v) is 8.27. The summed E-state index contributed by atoms with van der Waals surface area (Å²) in [6.07, 6.45) is -9.74. The monoisotopic (exact) mass is 1290 g/mol. The topological polar surface area (TPSA) is 427 Å². The van der Waals surface area contributed by atoms with Gasteiger partial charge in [-0.25, -0.2) is 0 Å². The summed E-state index contributed by atoms with van der Waals surface area (Å²) in [5, 5.41) is 119. The largest absolute Gasteiger partial charge is 0.394 e. The average Bonchev–Trinajstić information content (AvgIpc) is 3.34. The Morgan fingerprint density at radius 2 is 0.843 bits per heavy atom. The molecule has 522 valence electrons. The Balaban J connectivity index is 1.92. The van der Waals surface area contributed by atoms with E-state index in [0.29, 0.717) is 150 Å². The molecule has 0 radical (unpaired) electrons. The number of amides is 3. The molecule has 0 saturated carbocycles. The molecule has 30 heteroatoms. The fraction of sp³-hybridized carbons (Fsp3) is 0.847. The Kier molecular flexibility index (Phi) is 52.9. The van der Waals surface area contributed by atoms with Crippen LogP contribution in [0.5, 0.6) is 0 Å². The number of benzene rings is 1. The van der Waals surface area contributed by atoms with Crippen molar-refractivity contribution in [3.05, 3.63) is 29.8 Å². The van der Waals surface area contributed by atoms with Crippen molar-refractivity contribution in [2.24, 2.45) is 5.92 Å². The van der Waals surface area contributed by atoms with Crippen molar-refractivity contribution in [3.8, 4) is 0 Å². The molecule has 1 aromatic carbocycles. The summed E-state index contributed by atoms with van der Waals surface area (Å²) in [6, 6.07) is 5.59. The first-order valence-electron chi connectivity index (χ1n) is 31.0. The van der Waals surface area contributed by atoms with E-state index in [-0.39, 0.29) is 69.6 Å². The summed E-state index contributed by atoms with van der Waals surface area (Å²) < 4.78 is 61.0. The zero-order chi connectivity index (χ0) is 65.7. The van der Waals surface area contributed by atoms with E-state index in [1.807, 2.05) is 13.8 Å². The number of aliphatic hydroxyl groups excluding tert-OH is 11. The van der Waals surface area contributed by atoms with Gasteiger partial charge in [-0.1, -0.05) is 26.0 Å². The van der Waals surface area contributed by atoms with E-state index in [2.05, 4.69) is 21.3 Å². The van der Waals surface area contributed by atoms with Crippen LogP contribution in [0.1, 0.15) is 64.4 Å². The number of unbranched alkanes of at least 4 members (excludes halogenated alkanes) is 3. The molecule has 0 aliphatic rings. The Morgan fingerprint density at radius 1 is 0.461 bits per heavy atom. The van der Waals surface area contributed by atoms with E-state index >= 15 is 0 Å². The summed E-state index contributed by atoms with van der Waals surface area (Å²) in [4.78, 5) is 39.8. The summed E-state index contributed by atoms with van der Waals surface area (Å²) in [5.74, 6) is -0.735. The first-order chi connectivity index (χ1) is 43.0. The summed E-state index contributed by atoms with van der Waals surface area (Å²) in [5.41, 5.74) is 1.27. The first-order valence-corrected chi connectivity index (χ1v) is 31.0. The fourth-order valence-electron chi connectivity index (χ4n) is 8.27. The van der Waals surface area contributed by atoms with Crippen molar-refractivity contribution < 1.29 is 123 Å². The van der Waals surface area contributed by atoms with Crippen molar-refractivity contribution in [1.29, 1.82) is 0 Å². The number of carbonyl (C=O) groups excluding carboxylic acids is 3. The minimum Gasteiger partial charge on any atom is -0.394 e. The van der Waals surface area contributed by atoms with Crippen LogP contribution in [0.3, 0.4) is 0 Å². The van der Waals surface area contributed by atoms with Crippen LogP contribution < -0.4 is 21.3 Å². The molecular weight excluding hydrogens is 1180 g/mol. The Bertz CT molecular complexity index is 1800. The molecule has 10 atom stereocenters. The molecular formula is C59H111N5O25. The van der Waals surface area contributed by atoms with Gasteiger partial charge in [0.15, 0.2) is 0 Å². The molecule has 0 unspecified atom stereocenters. The highest BCUT2D eigenvalue weighted by molar-refractivity contribution is 5.97. The molecule has 0 spiro atoms. The van der Waals surface area contributed by atoms with Gasteiger partial charge in [0.2, 0.25) is 17.7 Å². The highest BCUT2D eigenvalue weighted by Crippen LogP contribution is 2.14. The zero-order valence-corrected chi connectivity index (χ0v) is 52.7. The molecule has 30 nitrogen and oxygen atoms in total. The normalized spacial score (nSPS) is 15.3. The van der Waals surface area contributed by atoms with Gasteiger partial charge < -0.3 is 130 Å². The Morgan fingerprint density at radius 3 is 1.22 bits per heavy atom. The second-order valence-electron chi connectivity index (χ2n) is 21.2. The van der Waals surface area contributed by atoms with E-state index in [9.17, 15) is 60.3 Å². The second kappa shape index (κ2) is 56.2. The number of hydrogen-bond donors (Lipinski definition) is 15. The minimum absolute atomic E-state index is 0.0188. The Hall–Kier alpha value is -3.33. The maximum atomic E-state index is 13.2. The molecule has 0 aromatic heterocycles. The van der Waals surface area contributed by atoms with Gasteiger partial charge in [-0.15, -0.1) is 0 Å². The molecule has 3 amide bonds. The van der Waals surface area contributed by atoms with E-state index in [1.165, 1.54) is 4.90 Å². The molecule has 0 aliphatic heterocycles. The first kappa shape index (κ1) is 83.7. The van der Waals surface area contributed by atoms with Crippen molar-refractivity contribution in [2.45, 2.75) is 126 Å². The molecule has 1 rings (SSSR count). The van der Waals surface area contributed by atoms with Gasteiger partial charge in [-0.2, -0.15) is 0 Å². The quantitative estimate of drug-likeness (QED) is 0.0277. The molecule has 0 saturated heterocycles. The number of rotatable bonds is 63. The number of anilines is 1. The van der Waals surface area contributed by atoms with Gasteiger partial charge >= 0.3 is 0 Å². The van der Waals surface area contributed by atoms with Gasteiger partial charge in [-0.05, 0) is 69.2 Å². The smallest absolute Gasteiger partial charge is 0.246 e. The predicted molar refractivity (Wildman–Crippen MR) is 324 cm³/mol. The zero-order valence-electron chi connectivity index (χ0n) is 52.7. The van der Waals surface area contributed by atoms with Crippen LogP contribution in [0.25, 0.3) is 0 Å². The lowest BCUT2D eigenvalue weighted by Crippen LogP contribution is -2.53. The molecule has 89 heavy (non-hydrogen) atoms. The highest BCUT2D eigenvalue weighted by atomic mass is 16.6. The number of nitrogens with zero attached hydrogens (tertiary/aromatic N) is 1. The molecule has 0 heterocycles. The van der Waals surface area contributed by atoms with Gasteiger partial charge in [0.25, 0.3) is 0 Å². The standard InChI is InChI=1S/C59H111N5O25/c1-44(2)53(60-3)59(78)63-47(58(77)62-46-12-10-45(41-65)11-13-46)9-5-6-15-61-52(72)14-19-81-23-27-85-31-35-87-33-29-83-25-21-79-17-7-4-8-18-80-22-26-84-30-34-88-37-38-89-36-32-86-28-24-82-20-16-64(39-48(68)54(73)56(75)50(70)42-66)40-49(69)55(74)57(76)51(71)43-67/h10-13,44,47-51,53-57,60,65-71,73-76H,4-9,14-43H2,1-3H3,(H,61,72)(H,62,77)(H,63,78)/t47-,48-,49-,50+,51+,53-,54+,55+,56+,57+/m0/s1. The predicted octanol–water partition coefficient (Wildman–Crippen LogP) is -3.95. The molecule has 1 aromatic rings. The number of aliphatic hydroxyl groups is 11. The van der Waals surface area contributed by atoms with Crippen LogP contribution >= 0.6 is 0 Å². The van der Waals surface area contributed by atoms with Crippen LogP contribution in [0.4, 0.5) is 5.69 Å². The van der Waals surface area contributed by atoms with Crippen LogP contribution in [-0.2, 0) is 73.1 Å². The summed E-state index contributed by atoms with van der Waals surface area (Å²) in [7, 11) is 1.70. The third-order valence-electron chi connectivity index (χ3n) is 13.5. The van der Waals surface area contributed by atoms with Crippen LogP contribution in [-0.4, -0.2) is 332 Å². The van der Waals surface area contributed by atoms with Crippen LogP contribution in [0.15, 0.2) is 24.3 Å². The lowest BCUT2D eigenvalue weighted by atomic mass is 10.0. The number of hydrogen-bond acceptors (Lipinski definition) is 27. The van der Waals surface area contributed by atoms with E-state index < -0.39 is 87.2 Å². The van der Waals surface area contributed by atoms with Crippen molar-refractivity contribution in [3.63, 3.8) is 0 Å². The van der Waals surface area contributed by atoms with Crippen LogP contribution in [0, 0.1) is 5.92 Å². The Labute approximate surface area is 524 Å². The minimum atomic E-state index is -1.88. The number of ether oxygens (including phenoxy) is 11. The molecule has 0 bridgehead atoms. The maximum Gasteiger partial charge on any atom is 0.246 e. The van der Waals surface area contributed by atoms with Crippen molar-refractivity contribution in [1.82, 2.24) is 20.9 Å². The highest BCUT2D eigenvalue weighted by Gasteiger charge is 2.34. The molecule has 0 aliphatic carbocycles.